The van der Waals surface area contributed by atoms with Crippen molar-refractivity contribution in [1.29, 1.82) is 0 Å². The molecule has 0 bridgehead atoms. The van der Waals surface area contributed by atoms with Gasteiger partial charge in [0.1, 0.15) is 0 Å². The maximum atomic E-state index is 12.8. The first-order valence-corrected chi connectivity index (χ1v) is 9.77. The average Bonchev–Trinajstić information content (AvgIpc) is 3.33. The lowest BCUT2D eigenvalue weighted by molar-refractivity contribution is 0.0955. The maximum Gasteiger partial charge on any atom is 0.273 e. The third kappa shape index (κ3) is 3.25. The number of hydrogen-bond acceptors (Lipinski definition) is 2. The summed E-state index contributed by atoms with van der Waals surface area (Å²) >= 11 is 0. The van der Waals surface area contributed by atoms with E-state index in [9.17, 15) is 4.79 Å². The second kappa shape index (κ2) is 7.68. The van der Waals surface area contributed by atoms with Gasteiger partial charge >= 0.3 is 0 Å². The smallest absolute Gasteiger partial charge is 0.273 e. The van der Waals surface area contributed by atoms with Crippen molar-refractivity contribution in [3.05, 3.63) is 115 Å². The number of nitrogens with zero attached hydrogens (tertiary/aromatic N) is 2. The fourth-order valence-corrected chi connectivity index (χ4v) is 3.79. The van der Waals surface area contributed by atoms with Crippen LogP contribution in [0.15, 0.2) is 108 Å². The Morgan fingerprint density at radius 1 is 0.767 bits per heavy atom. The van der Waals surface area contributed by atoms with Crippen molar-refractivity contribution >= 4 is 33.7 Å². The molecule has 1 heterocycles. The van der Waals surface area contributed by atoms with Gasteiger partial charge in [-0.2, -0.15) is 5.10 Å². The Labute approximate surface area is 174 Å². The minimum absolute atomic E-state index is 0.250. The van der Waals surface area contributed by atoms with Gasteiger partial charge in [-0.05, 0) is 51.9 Å². The van der Waals surface area contributed by atoms with Crippen LogP contribution in [0.25, 0.3) is 27.2 Å². The quantitative estimate of drug-likeness (QED) is 0.245. The number of carbonyl (C=O) groups is 1. The Balaban J connectivity index is 1.50. The lowest BCUT2D eigenvalue weighted by Crippen LogP contribution is -2.19. The molecular weight excluding hydrogens is 370 g/mol. The molecule has 1 aromatic heterocycles. The van der Waals surface area contributed by atoms with Crippen molar-refractivity contribution in [3.8, 4) is 5.69 Å². The first kappa shape index (κ1) is 17.9. The first-order valence-electron chi connectivity index (χ1n) is 9.77. The topological polar surface area (TPSA) is 46.4 Å². The van der Waals surface area contributed by atoms with Gasteiger partial charge in [0.15, 0.2) is 0 Å². The van der Waals surface area contributed by atoms with Crippen LogP contribution >= 0.6 is 0 Å². The van der Waals surface area contributed by atoms with Gasteiger partial charge in [0.25, 0.3) is 5.91 Å². The van der Waals surface area contributed by atoms with Crippen LogP contribution in [0.5, 0.6) is 0 Å². The van der Waals surface area contributed by atoms with Crippen molar-refractivity contribution in [3.63, 3.8) is 0 Å². The molecule has 1 N–H and O–H groups in total. The molecular formula is C26H19N3O. The zero-order valence-corrected chi connectivity index (χ0v) is 16.2. The summed E-state index contributed by atoms with van der Waals surface area (Å²) in [5.74, 6) is -0.250. The van der Waals surface area contributed by atoms with Gasteiger partial charge in [-0.1, -0.05) is 60.7 Å². The average molecular weight is 389 g/mol. The lowest BCUT2D eigenvalue weighted by atomic mass is 9.97. The van der Waals surface area contributed by atoms with E-state index in [0.717, 1.165) is 32.8 Å². The summed E-state index contributed by atoms with van der Waals surface area (Å²) in [6, 6.07) is 29.9. The third-order valence-corrected chi connectivity index (χ3v) is 5.20. The summed E-state index contributed by atoms with van der Waals surface area (Å²) in [7, 11) is 0. The number of amides is 1. The number of benzene rings is 4. The predicted molar refractivity (Wildman–Crippen MR) is 122 cm³/mol. The molecule has 0 saturated heterocycles. The Morgan fingerprint density at radius 3 is 2.07 bits per heavy atom. The largest absolute Gasteiger partial charge is 0.323 e. The van der Waals surface area contributed by atoms with Gasteiger partial charge in [-0.3, -0.25) is 4.79 Å². The molecule has 30 heavy (non-hydrogen) atoms. The second-order valence-electron chi connectivity index (χ2n) is 7.04. The first-order chi connectivity index (χ1) is 14.8. The van der Waals surface area contributed by atoms with Gasteiger partial charge < -0.3 is 4.57 Å². The van der Waals surface area contributed by atoms with Crippen LogP contribution in [0.2, 0.25) is 0 Å². The van der Waals surface area contributed by atoms with Crippen LogP contribution in [-0.4, -0.2) is 16.7 Å². The van der Waals surface area contributed by atoms with Crippen molar-refractivity contribution in [2.24, 2.45) is 5.10 Å². The van der Waals surface area contributed by atoms with E-state index in [0.29, 0.717) is 5.56 Å². The van der Waals surface area contributed by atoms with E-state index in [2.05, 4.69) is 40.9 Å². The fourth-order valence-electron chi connectivity index (χ4n) is 3.79. The number of fused-ring (bicyclic) bond motifs is 2. The normalized spacial score (nSPS) is 11.3. The number of aromatic nitrogens is 1. The van der Waals surface area contributed by atoms with E-state index >= 15 is 0 Å². The molecule has 4 nitrogen and oxygen atoms in total. The van der Waals surface area contributed by atoms with E-state index in [1.165, 1.54) is 0 Å². The van der Waals surface area contributed by atoms with Crippen LogP contribution in [0.1, 0.15) is 15.9 Å². The van der Waals surface area contributed by atoms with Crippen LogP contribution in [0, 0.1) is 0 Å². The molecule has 4 heteroatoms. The van der Waals surface area contributed by atoms with E-state index in [4.69, 9.17) is 0 Å². The second-order valence-corrected chi connectivity index (χ2v) is 7.04. The highest BCUT2D eigenvalue weighted by molar-refractivity contribution is 6.13. The number of para-hydroxylation sites is 1. The van der Waals surface area contributed by atoms with Gasteiger partial charge in [-0.15, -0.1) is 0 Å². The Morgan fingerprint density at radius 2 is 1.37 bits per heavy atom. The van der Waals surface area contributed by atoms with Crippen molar-refractivity contribution in [2.75, 3.05) is 0 Å². The molecule has 0 aliphatic heterocycles. The molecule has 0 atom stereocenters. The minimum Gasteiger partial charge on any atom is -0.323 e. The van der Waals surface area contributed by atoms with E-state index in [1.807, 2.05) is 71.6 Å². The highest BCUT2D eigenvalue weighted by Crippen LogP contribution is 2.27. The standard InChI is InChI=1S/C26H19N3O/c30-26(23-13-5-6-14-25(23)29-15-7-8-16-29)28-27-18-24-21-11-3-1-9-19(21)17-20-10-2-4-12-22(20)24/h1-18H,(H,28,30)/b27-18-. The SMILES string of the molecule is O=C(N/N=C\c1c2ccccc2cc2ccccc12)c1ccccc1-n1cccc1. The van der Waals surface area contributed by atoms with Crippen LogP contribution in [0.3, 0.4) is 0 Å². The molecule has 4 aromatic carbocycles. The van der Waals surface area contributed by atoms with Gasteiger partial charge in [0.2, 0.25) is 0 Å². The molecule has 0 radical (unpaired) electrons. The number of hydrogen-bond donors (Lipinski definition) is 1. The summed E-state index contributed by atoms with van der Waals surface area (Å²) < 4.78 is 1.91. The van der Waals surface area contributed by atoms with Gasteiger partial charge in [-0.25, -0.2) is 5.43 Å². The molecule has 0 saturated carbocycles. The summed E-state index contributed by atoms with van der Waals surface area (Å²) in [5.41, 5.74) is 5.06. The molecule has 5 aromatic rings. The Hall–Kier alpha value is -4.18. The number of hydrazone groups is 1. The summed E-state index contributed by atoms with van der Waals surface area (Å²) in [6.45, 7) is 0. The molecule has 1 amide bonds. The molecule has 0 aliphatic rings. The number of rotatable bonds is 4. The minimum atomic E-state index is -0.250. The van der Waals surface area contributed by atoms with Crippen LogP contribution in [0.4, 0.5) is 0 Å². The van der Waals surface area contributed by atoms with Gasteiger partial charge in [0, 0.05) is 18.0 Å². The highest BCUT2D eigenvalue weighted by atomic mass is 16.2. The lowest BCUT2D eigenvalue weighted by Gasteiger charge is -2.10. The number of carbonyl (C=O) groups excluding carboxylic acids is 1. The van der Waals surface area contributed by atoms with Crippen molar-refractivity contribution in [2.45, 2.75) is 0 Å². The molecule has 0 fully saturated rings. The molecule has 5 rings (SSSR count). The predicted octanol–water partition coefficient (Wildman–Crippen LogP) is 5.55. The monoisotopic (exact) mass is 389 g/mol. The van der Waals surface area contributed by atoms with E-state index in [1.54, 1.807) is 12.3 Å². The molecule has 0 spiro atoms. The Kier molecular flexibility index (Phi) is 4.58. The number of nitrogens with one attached hydrogen (secondary N) is 1. The highest BCUT2D eigenvalue weighted by Gasteiger charge is 2.11. The van der Waals surface area contributed by atoms with Crippen LogP contribution < -0.4 is 5.43 Å². The molecule has 0 aliphatic carbocycles. The molecule has 0 unspecified atom stereocenters. The summed E-state index contributed by atoms with van der Waals surface area (Å²) in [6.07, 6.45) is 5.57. The third-order valence-electron chi connectivity index (χ3n) is 5.20. The van der Waals surface area contributed by atoms with Crippen molar-refractivity contribution in [1.82, 2.24) is 9.99 Å². The van der Waals surface area contributed by atoms with Gasteiger partial charge in [0.05, 0.1) is 17.5 Å². The fraction of sp³-hybridized carbons (Fsp3) is 0. The summed E-state index contributed by atoms with van der Waals surface area (Å²) in [5, 5.41) is 8.79. The van der Waals surface area contributed by atoms with E-state index < -0.39 is 0 Å². The Bertz CT molecular complexity index is 1330. The zero-order chi connectivity index (χ0) is 20.3. The summed E-state index contributed by atoms with van der Waals surface area (Å²) in [4.78, 5) is 12.8. The van der Waals surface area contributed by atoms with Crippen molar-refractivity contribution < 1.29 is 4.79 Å². The zero-order valence-electron chi connectivity index (χ0n) is 16.2. The van der Waals surface area contributed by atoms with E-state index in [-0.39, 0.29) is 5.91 Å². The maximum absolute atomic E-state index is 12.8. The molecule has 144 valence electrons. The van der Waals surface area contributed by atoms with Crippen LogP contribution in [-0.2, 0) is 0 Å².